The van der Waals surface area contributed by atoms with E-state index in [1.807, 2.05) is 11.7 Å². The molecule has 3 nitrogen and oxygen atoms in total. The van der Waals surface area contributed by atoms with Crippen molar-refractivity contribution >= 4 is 21.7 Å². The Morgan fingerprint density at radius 2 is 2.06 bits per heavy atom. The number of aryl methyl sites for hydroxylation is 2. The van der Waals surface area contributed by atoms with Gasteiger partial charge in [0, 0.05) is 19.4 Å². The molecule has 0 aliphatic heterocycles. The molecule has 1 fully saturated rings. The summed E-state index contributed by atoms with van der Waals surface area (Å²) >= 11 is 3.58. The van der Waals surface area contributed by atoms with E-state index in [9.17, 15) is 4.79 Å². The predicted molar refractivity (Wildman–Crippen MR) is 75.6 cm³/mol. The highest BCUT2D eigenvalue weighted by atomic mass is 79.9. The van der Waals surface area contributed by atoms with Crippen molar-refractivity contribution in [2.75, 3.05) is 0 Å². The van der Waals surface area contributed by atoms with Crippen LogP contribution in [0.4, 0.5) is 0 Å². The third kappa shape index (κ3) is 2.85. The highest BCUT2D eigenvalue weighted by molar-refractivity contribution is 9.10. The molecule has 0 atom stereocenters. The maximum absolute atomic E-state index is 12.3. The second-order valence-electron chi connectivity index (χ2n) is 5.16. The van der Waals surface area contributed by atoms with Crippen LogP contribution in [0.1, 0.15) is 50.4 Å². The average Bonchev–Trinajstić information content (AvgIpc) is 2.67. The van der Waals surface area contributed by atoms with E-state index in [-0.39, 0.29) is 5.92 Å². The van der Waals surface area contributed by atoms with Crippen molar-refractivity contribution < 1.29 is 4.79 Å². The summed E-state index contributed by atoms with van der Waals surface area (Å²) in [4.78, 5) is 12.3. The standard InChI is InChI=1S/C14H21BrN2O/c1-3-11-14(15)12(17(2)16-11)9-13(18)10-7-5-4-6-8-10/h10H,3-9H2,1-2H3. The molecule has 2 rings (SSSR count). The Balaban J connectivity index is 2.08. The zero-order valence-corrected chi connectivity index (χ0v) is 12.8. The first-order valence-corrected chi connectivity index (χ1v) is 7.65. The number of hydrogen-bond acceptors (Lipinski definition) is 2. The fourth-order valence-corrected chi connectivity index (χ4v) is 3.50. The molecule has 1 aromatic rings. The number of carbonyl (C=O) groups excluding carboxylic acids is 1. The van der Waals surface area contributed by atoms with E-state index in [1.54, 1.807) is 0 Å². The number of ketones is 1. The molecule has 0 radical (unpaired) electrons. The topological polar surface area (TPSA) is 34.9 Å². The van der Waals surface area contributed by atoms with Gasteiger partial charge in [-0.15, -0.1) is 0 Å². The molecule has 0 aromatic carbocycles. The lowest BCUT2D eigenvalue weighted by atomic mass is 9.85. The summed E-state index contributed by atoms with van der Waals surface area (Å²) in [6.45, 7) is 2.08. The number of aromatic nitrogens is 2. The van der Waals surface area contributed by atoms with Crippen molar-refractivity contribution in [3.05, 3.63) is 15.9 Å². The zero-order valence-electron chi connectivity index (χ0n) is 11.2. The molecule has 0 saturated heterocycles. The molecule has 100 valence electrons. The quantitative estimate of drug-likeness (QED) is 0.853. The van der Waals surface area contributed by atoms with Crippen LogP contribution in [0.15, 0.2) is 4.47 Å². The Morgan fingerprint density at radius 1 is 1.39 bits per heavy atom. The van der Waals surface area contributed by atoms with E-state index in [0.29, 0.717) is 12.2 Å². The first kappa shape index (κ1) is 13.8. The van der Waals surface area contributed by atoms with Gasteiger partial charge in [-0.3, -0.25) is 9.48 Å². The molecule has 1 aliphatic carbocycles. The van der Waals surface area contributed by atoms with Crippen molar-refractivity contribution in [2.45, 2.75) is 51.9 Å². The molecule has 18 heavy (non-hydrogen) atoms. The van der Waals surface area contributed by atoms with Gasteiger partial charge >= 0.3 is 0 Å². The van der Waals surface area contributed by atoms with Crippen molar-refractivity contribution in [1.82, 2.24) is 9.78 Å². The Kier molecular flexibility index (Phi) is 4.60. The summed E-state index contributed by atoms with van der Waals surface area (Å²) in [5.41, 5.74) is 2.08. The van der Waals surface area contributed by atoms with Crippen LogP contribution in [0.5, 0.6) is 0 Å². The number of Topliss-reactive ketones (excluding diaryl/α,β-unsaturated/α-hetero) is 1. The van der Waals surface area contributed by atoms with Gasteiger partial charge in [0.2, 0.25) is 0 Å². The molecule has 1 heterocycles. The Hall–Kier alpha value is -0.640. The fraction of sp³-hybridized carbons (Fsp3) is 0.714. The van der Waals surface area contributed by atoms with E-state index in [1.165, 1.54) is 19.3 Å². The van der Waals surface area contributed by atoms with Crippen LogP contribution < -0.4 is 0 Å². The lowest BCUT2D eigenvalue weighted by Gasteiger charge is -2.20. The molecule has 4 heteroatoms. The van der Waals surface area contributed by atoms with Gasteiger partial charge in [-0.2, -0.15) is 5.10 Å². The molecule has 0 amide bonds. The van der Waals surface area contributed by atoms with Crippen LogP contribution in [-0.2, 0) is 24.7 Å². The van der Waals surface area contributed by atoms with E-state index < -0.39 is 0 Å². The summed E-state index contributed by atoms with van der Waals surface area (Å²) in [7, 11) is 1.92. The van der Waals surface area contributed by atoms with E-state index in [0.717, 1.165) is 35.1 Å². The molecule has 0 bridgehead atoms. The first-order valence-electron chi connectivity index (χ1n) is 6.86. The lowest BCUT2D eigenvalue weighted by Crippen LogP contribution is -2.20. The van der Waals surface area contributed by atoms with Gasteiger partial charge in [0.15, 0.2) is 0 Å². The minimum atomic E-state index is 0.283. The summed E-state index contributed by atoms with van der Waals surface area (Å²) in [5, 5.41) is 4.44. The Labute approximate surface area is 117 Å². The van der Waals surface area contributed by atoms with E-state index >= 15 is 0 Å². The van der Waals surface area contributed by atoms with Crippen LogP contribution in [0.2, 0.25) is 0 Å². The molecule has 0 N–H and O–H groups in total. The van der Waals surface area contributed by atoms with Crippen LogP contribution in [0.25, 0.3) is 0 Å². The summed E-state index contributed by atoms with van der Waals surface area (Å²) in [6.07, 6.45) is 7.29. The van der Waals surface area contributed by atoms with Crippen LogP contribution in [-0.4, -0.2) is 15.6 Å². The minimum Gasteiger partial charge on any atom is -0.299 e. The second-order valence-corrected chi connectivity index (χ2v) is 5.96. The SMILES string of the molecule is CCc1nn(C)c(CC(=O)C2CCCCC2)c1Br. The lowest BCUT2D eigenvalue weighted by molar-refractivity contribution is -0.123. The normalized spacial score (nSPS) is 17.1. The number of rotatable bonds is 4. The van der Waals surface area contributed by atoms with E-state index in [2.05, 4.69) is 28.0 Å². The molecule has 1 aromatic heterocycles. The monoisotopic (exact) mass is 312 g/mol. The van der Waals surface area contributed by atoms with Crippen molar-refractivity contribution in [2.24, 2.45) is 13.0 Å². The highest BCUT2D eigenvalue weighted by Gasteiger charge is 2.23. The molecule has 1 saturated carbocycles. The number of carbonyl (C=O) groups is 1. The maximum Gasteiger partial charge on any atom is 0.141 e. The number of halogens is 1. The fourth-order valence-electron chi connectivity index (χ4n) is 2.75. The predicted octanol–water partition coefficient (Wildman–Crippen LogP) is 3.44. The summed E-state index contributed by atoms with van der Waals surface area (Å²) < 4.78 is 2.88. The zero-order chi connectivity index (χ0) is 13.1. The largest absolute Gasteiger partial charge is 0.299 e. The van der Waals surface area contributed by atoms with Gasteiger partial charge in [0.25, 0.3) is 0 Å². The van der Waals surface area contributed by atoms with Crippen molar-refractivity contribution in [3.63, 3.8) is 0 Å². The average molecular weight is 313 g/mol. The van der Waals surface area contributed by atoms with Gasteiger partial charge < -0.3 is 0 Å². The Morgan fingerprint density at radius 3 is 2.61 bits per heavy atom. The summed E-state index contributed by atoms with van der Waals surface area (Å²) in [5.74, 6) is 0.673. The molecule has 0 spiro atoms. The highest BCUT2D eigenvalue weighted by Crippen LogP contribution is 2.28. The van der Waals surface area contributed by atoms with Gasteiger partial charge in [-0.1, -0.05) is 26.2 Å². The van der Waals surface area contributed by atoms with Gasteiger partial charge in [0.05, 0.1) is 15.9 Å². The molecular formula is C14H21BrN2O. The number of nitrogens with zero attached hydrogens (tertiary/aromatic N) is 2. The minimum absolute atomic E-state index is 0.283. The van der Waals surface area contributed by atoms with Gasteiger partial charge in [-0.05, 0) is 35.2 Å². The van der Waals surface area contributed by atoms with Gasteiger partial charge in [-0.25, -0.2) is 0 Å². The van der Waals surface area contributed by atoms with E-state index in [4.69, 9.17) is 0 Å². The number of hydrogen-bond donors (Lipinski definition) is 0. The van der Waals surface area contributed by atoms with Crippen LogP contribution >= 0.6 is 15.9 Å². The van der Waals surface area contributed by atoms with Crippen molar-refractivity contribution in [3.8, 4) is 0 Å². The second kappa shape index (κ2) is 6.00. The maximum atomic E-state index is 12.3. The molecule has 0 unspecified atom stereocenters. The van der Waals surface area contributed by atoms with Crippen molar-refractivity contribution in [1.29, 1.82) is 0 Å². The third-order valence-corrected chi connectivity index (χ3v) is 4.82. The molecular weight excluding hydrogens is 292 g/mol. The van der Waals surface area contributed by atoms with Crippen LogP contribution in [0.3, 0.4) is 0 Å². The summed E-state index contributed by atoms with van der Waals surface area (Å²) in [6, 6.07) is 0. The smallest absolute Gasteiger partial charge is 0.141 e. The van der Waals surface area contributed by atoms with Crippen LogP contribution in [0, 0.1) is 5.92 Å². The third-order valence-electron chi connectivity index (χ3n) is 3.91. The Bertz CT molecular complexity index is 433. The van der Waals surface area contributed by atoms with Gasteiger partial charge in [0.1, 0.15) is 5.78 Å². The molecule has 1 aliphatic rings. The first-order chi connectivity index (χ1) is 8.63.